The number of Topliss-reactive ketones (excluding diaryl/α,β-unsaturated/α-hetero) is 1. The highest BCUT2D eigenvalue weighted by Crippen LogP contribution is 2.44. The van der Waals surface area contributed by atoms with Gasteiger partial charge in [0.15, 0.2) is 0 Å². The summed E-state index contributed by atoms with van der Waals surface area (Å²) in [5, 5.41) is 6.61. The fourth-order valence-electron chi connectivity index (χ4n) is 7.93. The van der Waals surface area contributed by atoms with Gasteiger partial charge in [-0.2, -0.15) is 0 Å². The number of rotatable bonds is 31. The highest BCUT2D eigenvalue weighted by Gasteiger charge is 2.35. The number of ketones is 1. The van der Waals surface area contributed by atoms with Crippen LogP contribution in [0.3, 0.4) is 0 Å². The minimum Gasteiger partial charge on any atom is -0.449 e. The SMILES string of the molecule is Cc1ccc(C(NCCCC(=O)CCOCCOCCOCCOCCOCCOCCNC(=O)OCC2c3ccccc3-c3ccccc32)(c2ccccc2)c2ccccc2)cc1. The summed E-state index contributed by atoms with van der Waals surface area (Å²) in [6, 6.07) is 46.2. The fourth-order valence-corrected chi connectivity index (χ4v) is 7.93. The molecular weight excluding hydrogens is 809 g/mol. The average molecular weight is 873 g/mol. The van der Waals surface area contributed by atoms with Gasteiger partial charge < -0.3 is 38.5 Å². The molecule has 5 aromatic carbocycles. The molecule has 11 heteroatoms. The Balaban J connectivity index is 0.699. The van der Waals surface area contributed by atoms with Gasteiger partial charge in [-0.1, -0.05) is 139 Å². The van der Waals surface area contributed by atoms with Gasteiger partial charge in [0.1, 0.15) is 12.4 Å². The van der Waals surface area contributed by atoms with Crippen molar-refractivity contribution in [2.75, 3.05) is 99.0 Å². The van der Waals surface area contributed by atoms with E-state index in [9.17, 15) is 9.59 Å². The third-order valence-electron chi connectivity index (χ3n) is 11.2. The summed E-state index contributed by atoms with van der Waals surface area (Å²) in [7, 11) is 0. The van der Waals surface area contributed by atoms with Gasteiger partial charge in [0.05, 0.1) is 84.8 Å². The maximum Gasteiger partial charge on any atom is 0.407 e. The number of ether oxygens (including phenoxy) is 7. The molecule has 0 unspecified atom stereocenters. The molecule has 6 rings (SSSR count). The molecule has 0 bridgehead atoms. The van der Waals surface area contributed by atoms with Crippen molar-refractivity contribution >= 4 is 11.9 Å². The van der Waals surface area contributed by atoms with E-state index < -0.39 is 11.6 Å². The Labute approximate surface area is 378 Å². The van der Waals surface area contributed by atoms with E-state index in [-0.39, 0.29) is 18.3 Å². The van der Waals surface area contributed by atoms with Crippen LogP contribution in [0.2, 0.25) is 0 Å². The summed E-state index contributed by atoms with van der Waals surface area (Å²) >= 11 is 0. The number of nitrogens with one attached hydrogen (secondary N) is 2. The first-order valence-corrected chi connectivity index (χ1v) is 22.6. The van der Waals surface area contributed by atoms with Crippen LogP contribution in [0.15, 0.2) is 133 Å². The second-order valence-electron chi connectivity index (χ2n) is 15.6. The third-order valence-corrected chi connectivity index (χ3v) is 11.2. The molecule has 11 nitrogen and oxygen atoms in total. The van der Waals surface area contributed by atoms with Gasteiger partial charge in [0, 0.05) is 25.3 Å². The first-order valence-electron chi connectivity index (χ1n) is 22.6. The predicted molar refractivity (Wildman–Crippen MR) is 249 cm³/mol. The Morgan fingerprint density at radius 1 is 0.484 bits per heavy atom. The first-order chi connectivity index (χ1) is 31.6. The van der Waals surface area contributed by atoms with Crippen LogP contribution in [0.1, 0.15) is 58.6 Å². The molecule has 2 N–H and O–H groups in total. The van der Waals surface area contributed by atoms with Crippen LogP contribution >= 0.6 is 0 Å². The average Bonchev–Trinajstić information content (AvgIpc) is 3.65. The zero-order valence-corrected chi connectivity index (χ0v) is 37.2. The minimum atomic E-state index is -0.546. The lowest BCUT2D eigenvalue weighted by molar-refractivity contribution is -0.120. The standard InChI is InChI=1S/C53H64N2O9/c1-42-22-24-45(25-23-42)53(43-13-4-2-5-14-43,44-15-6-3-7-16-44)55-27-12-17-46(56)26-29-58-31-33-60-35-37-62-39-40-63-38-36-61-34-32-59-30-28-54-52(57)64-41-51-49-20-10-8-18-47(49)48-19-9-11-21-50(48)51/h2-11,13-16,18-25,51,55H,12,17,26-41H2,1H3,(H,54,57). The lowest BCUT2D eigenvalue weighted by atomic mass is 9.76. The number of alkyl carbamates (subject to hydrolysis) is 1. The van der Waals surface area contributed by atoms with Crippen molar-refractivity contribution in [2.24, 2.45) is 0 Å². The van der Waals surface area contributed by atoms with Crippen LogP contribution in [0, 0.1) is 6.92 Å². The molecule has 5 aromatic rings. The quantitative estimate of drug-likeness (QED) is 0.0333. The van der Waals surface area contributed by atoms with Gasteiger partial charge >= 0.3 is 6.09 Å². The highest BCUT2D eigenvalue weighted by atomic mass is 16.6. The molecule has 340 valence electrons. The summed E-state index contributed by atoms with van der Waals surface area (Å²) in [5.41, 5.74) is 8.90. The molecule has 0 saturated carbocycles. The van der Waals surface area contributed by atoms with E-state index in [0.29, 0.717) is 105 Å². The number of carbonyl (C=O) groups is 2. The molecule has 0 aliphatic heterocycles. The van der Waals surface area contributed by atoms with E-state index in [1.54, 1.807) is 0 Å². The van der Waals surface area contributed by atoms with Gasteiger partial charge in [0.2, 0.25) is 0 Å². The smallest absolute Gasteiger partial charge is 0.407 e. The van der Waals surface area contributed by atoms with E-state index in [1.165, 1.54) is 27.8 Å². The summed E-state index contributed by atoms with van der Waals surface area (Å²) in [4.78, 5) is 25.0. The van der Waals surface area contributed by atoms with Gasteiger partial charge in [-0.25, -0.2) is 4.79 Å². The summed E-state index contributed by atoms with van der Waals surface area (Å²) < 4.78 is 39.0. The van der Waals surface area contributed by atoms with Crippen molar-refractivity contribution in [3.8, 4) is 11.1 Å². The van der Waals surface area contributed by atoms with Crippen LogP contribution in [0.4, 0.5) is 4.79 Å². The van der Waals surface area contributed by atoms with Crippen LogP contribution < -0.4 is 10.6 Å². The molecule has 0 aromatic heterocycles. The van der Waals surface area contributed by atoms with Gasteiger partial charge in [0.25, 0.3) is 0 Å². The fraction of sp³-hybridized carbons (Fsp3) is 0.396. The summed E-state index contributed by atoms with van der Waals surface area (Å²) in [6.45, 7) is 8.60. The number of benzene rings is 5. The Kier molecular flexibility index (Phi) is 20.5. The lowest BCUT2D eigenvalue weighted by Gasteiger charge is -2.37. The van der Waals surface area contributed by atoms with E-state index >= 15 is 0 Å². The molecule has 64 heavy (non-hydrogen) atoms. The zero-order chi connectivity index (χ0) is 44.5. The molecule has 0 fully saturated rings. The Hall–Kier alpha value is -5.24. The molecule has 0 spiro atoms. The van der Waals surface area contributed by atoms with Crippen molar-refractivity contribution in [3.05, 3.63) is 167 Å². The lowest BCUT2D eigenvalue weighted by Crippen LogP contribution is -2.45. The van der Waals surface area contributed by atoms with Gasteiger partial charge in [-0.05, 0) is 58.8 Å². The minimum absolute atomic E-state index is 0.0304. The molecule has 0 heterocycles. The maximum absolute atomic E-state index is 12.7. The number of carbonyl (C=O) groups excluding carboxylic acids is 2. The van der Waals surface area contributed by atoms with Crippen LogP contribution in [-0.2, 0) is 43.5 Å². The second-order valence-corrected chi connectivity index (χ2v) is 15.6. The Morgan fingerprint density at radius 2 is 0.922 bits per heavy atom. The van der Waals surface area contributed by atoms with Crippen molar-refractivity contribution in [2.45, 2.75) is 37.6 Å². The highest BCUT2D eigenvalue weighted by molar-refractivity contribution is 5.79. The van der Waals surface area contributed by atoms with E-state index in [4.69, 9.17) is 33.2 Å². The van der Waals surface area contributed by atoms with Crippen LogP contribution in [0.25, 0.3) is 11.1 Å². The number of hydrogen-bond donors (Lipinski definition) is 2. The molecule has 0 radical (unpaired) electrons. The van der Waals surface area contributed by atoms with Crippen LogP contribution in [-0.4, -0.2) is 111 Å². The van der Waals surface area contributed by atoms with Crippen molar-refractivity contribution in [3.63, 3.8) is 0 Å². The predicted octanol–water partition coefficient (Wildman–Crippen LogP) is 8.25. The number of hydrogen-bond acceptors (Lipinski definition) is 10. The Morgan fingerprint density at radius 3 is 1.44 bits per heavy atom. The largest absolute Gasteiger partial charge is 0.449 e. The first kappa shape index (κ1) is 48.2. The molecule has 1 amide bonds. The van der Waals surface area contributed by atoms with E-state index in [0.717, 1.165) is 23.1 Å². The Bertz CT molecular complexity index is 2010. The molecule has 1 aliphatic rings. The second kappa shape index (κ2) is 27.2. The monoisotopic (exact) mass is 872 g/mol. The topological polar surface area (TPSA) is 123 Å². The van der Waals surface area contributed by atoms with Crippen molar-refractivity contribution < 1.29 is 42.7 Å². The maximum atomic E-state index is 12.7. The van der Waals surface area contributed by atoms with E-state index in [2.05, 4.69) is 115 Å². The molecule has 0 saturated heterocycles. The van der Waals surface area contributed by atoms with Crippen molar-refractivity contribution in [1.82, 2.24) is 10.6 Å². The normalized spacial score (nSPS) is 12.2. The zero-order valence-electron chi connectivity index (χ0n) is 37.2. The van der Waals surface area contributed by atoms with Gasteiger partial charge in [-0.15, -0.1) is 0 Å². The third kappa shape index (κ3) is 14.6. The van der Waals surface area contributed by atoms with Crippen molar-refractivity contribution in [1.29, 1.82) is 0 Å². The summed E-state index contributed by atoms with van der Waals surface area (Å²) in [5.74, 6) is 0.219. The molecule has 1 aliphatic carbocycles. The number of aryl methyl sites for hydroxylation is 1. The van der Waals surface area contributed by atoms with Gasteiger partial charge in [-0.3, -0.25) is 10.1 Å². The van der Waals surface area contributed by atoms with E-state index in [1.807, 2.05) is 36.4 Å². The summed E-state index contributed by atoms with van der Waals surface area (Å²) in [6.07, 6.45) is 1.13. The number of amides is 1. The number of fused-ring (bicyclic) bond motifs is 3. The molecular formula is C53H64N2O9. The molecule has 0 atom stereocenters. The van der Waals surface area contributed by atoms with Crippen LogP contribution in [0.5, 0.6) is 0 Å².